The molecule has 1 amide bonds. The fourth-order valence-corrected chi connectivity index (χ4v) is 2.64. The number of nitrogens with two attached hydrogens (primary N) is 1. The molecule has 1 saturated carbocycles. The number of amides is 1. The second kappa shape index (κ2) is 5.36. The van der Waals surface area contributed by atoms with Crippen molar-refractivity contribution in [3.8, 4) is 0 Å². The standard InChI is InChI=1S/C13H25N3O/c1-10-5-6-16(8-11(10)7-14)9-13(17)15(2)12-3-4-12/h10-12H,3-9,14H2,1-2H3. The Morgan fingerprint density at radius 2 is 2.12 bits per heavy atom. The summed E-state index contributed by atoms with van der Waals surface area (Å²) in [7, 11) is 1.94. The summed E-state index contributed by atoms with van der Waals surface area (Å²) in [6.07, 6.45) is 3.54. The van der Waals surface area contributed by atoms with Crippen LogP contribution in [0.15, 0.2) is 0 Å². The van der Waals surface area contributed by atoms with Crippen molar-refractivity contribution < 1.29 is 4.79 Å². The molecule has 2 unspecified atom stereocenters. The molecular weight excluding hydrogens is 214 g/mol. The topological polar surface area (TPSA) is 49.6 Å². The van der Waals surface area contributed by atoms with Gasteiger partial charge in [-0.25, -0.2) is 0 Å². The molecular formula is C13H25N3O. The third kappa shape index (κ3) is 3.19. The van der Waals surface area contributed by atoms with E-state index in [9.17, 15) is 4.79 Å². The molecule has 0 aromatic carbocycles. The molecule has 2 rings (SSSR count). The van der Waals surface area contributed by atoms with E-state index in [1.807, 2.05) is 11.9 Å². The SMILES string of the molecule is CC1CCN(CC(=O)N(C)C2CC2)CC1CN. The number of rotatable bonds is 4. The lowest BCUT2D eigenvalue weighted by Gasteiger charge is -2.36. The third-order valence-electron chi connectivity index (χ3n) is 4.35. The zero-order valence-corrected chi connectivity index (χ0v) is 11.1. The minimum Gasteiger partial charge on any atom is -0.342 e. The van der Waals surface area contributed by atoms with E-state index in [4.69, 9.17) is 5.73 Å². The molecule has 0 radical (unpaired) electrons. The summed E-state index contributed by atoms with van der Waals surface area (Å²) in [6.45, 7) is 5.62. The first-order valence-electron chi connectivity index (χ1n) is 6.80. The van der Waals surface area contributed by atoms with E-state index in [-0.39, 0.29) is 5.91 Å². The highest BCUT2D eigenvalue weighted by molar-refractivity contribution is 5.78. The number of hydrogen-bond acceptors (Lipinski definition) is 3. The van der Waals surface area contributed by atoms with Gasteiger partial charge in [0.1, 0.15) is 0 Å². The van der Waals surface area contributed by atoms with Crippen molar-refractivity contribution in [2.24, 2.45) is 17.6 Å². The molecule has 98 valence electrons. The van der Waals surface area contributed by atoms with Crippen molar-refractivity contribution in [3.05, 3.63) is 0 Å². The molecule has 2 fully saturated rings. The first-order valence-corrected chi connectivity index (χ1v) is 6.80. The van der Waals surface area contributed by atoms with E-state index in [2.05, 4.69) is 11.8 Å². The molecule has 2 N–H and O–H groups in total. The van der Waals surface area contributed by atoms with Crippen LogP contribution in [0.3, 0.4) is 0 Å². The van der Waals surface area contributed by atoms with Gasteiger partial charge >= 0.3 is 0 Å². The summed E-state index contributed by atoms with van der Waals surface area (Å²) >= 11 is 0. The first kappa shape index (κ1) is 12.8. The molecule has 2 aliphatic rings. The summed E-state index contributed by atoms with van der Waals surface area (Å²) in [5, 5.41) is 0. The van der Waals surface area contributed by atoms with Gasteiger partial charge in [0.15, 0.2) is 0 Å². The van der Waals surface area contributed by atoms with E-state index >= 15 is 0 Å². The number of likely N-dealkylation sites (tertiary alicyclic amines) is 1. The van der Waals surface area contributed by atoms with E-state index in [1.54, 1.807) is 0 Å². The van der Waals surface area contributed by atoms with E-state index in [1.165, 1.54) is 19.3 Å². The minimum atomic E-state index is 0.276. The predicted octanol–water partition coefficient (Wildman–Crippen LogP) is 0.524. The highest BCUT2D eigenvalue weighted by Gasteiger charge is 2.32. The highest BCUT2D eigenvalue weighted by atomic mass is 16.2. The van der Waals surface area contributed by atoms with Crippen molar-refractivity contribution in [2.45, 2.75) is 32.2 Å². The number of likely N-dealkylation sites (N-methyl/N-ethyl adjacent to an activating group) is 1. The van der Waals surface area contributed by atoms with Gasteiger partial charge in [0, 0.05) is 19.6 Å². The summed E-state index contributed by atoms with van der Waals surface area (Å²) in [5.41, 5.74) is 5.78. The van der Waals surface area contributed by atoms with Gasteiger partial charge in [-0.15, -0.1) is 0 Å². The second-order valence-electron chi connectivity index (χ2n) is 5.73. The molecule has 0 spiro atoms. The maximum Gasteiger partial charge on any atom is 0.236 e. The largest absolute Gasteiger partial charge is 0.342 e. The number of nitrogens with zero attached hydrogens (tertiary/aromatic N) is 2. The predicted molar refractivity (Wildman–Crippen MR) is 68.6 cm³/mol. The second-order valence-corrected chi connectivity index (χ2v) is 5.73. The Kier molecular flexibility index (Phi) is 4.05. The number of piperidine rings is 1. The lowest BCUT2D eigenvalue weighted by Crippen LogP contribution is -2.47. The van der Waals surface area contributed by atoms with Crippen LogP contribution in [0.1, 0.15) is 26.2 Å². The fraction of sp³-hybridized carbons (Fsp3) is 0.923. The molecule has 1 aliphatic carbocycles. The summed E-state index contributed by atoms with van der Waals surface area (Å²) in [6, 6.07) is 0.525. The fourth-order valence-electron chi connectivity index (χ4n) is 2.64. The Bertz CT molecular complexity index is 278. The van der Waals surface area contributed by atoms with Gasteiger partial charge < -0.3 is 10.6 Å². The molecule has 1 aliphatic heterocycles. The van der Waals surface area contributed by atoms with Crippen LogP contribution in [0.25, 0.3) is 0 Å². The Labute approximate surface area is 104 Å². The average Bonchev–Trinajstić information content (AvgIpc) is 3.14. The van der Waals surface area contributed by atoms with Crippen LogP contribution in [0.4, 0.5) is 0 Å². The molecule has 0 aromatic rings. The van der Waals surface area contributed by atoms with Gasteiger partial charge in [-0.2, -0.15) is 0 Å². The normalized spacial score (nSPS) is 30.3. The van der Waals surface area contributed by atoms with Crippen molar-refractivity contribution in [3.63, 3.8) is 0 Å². The molecule has 4 nitrogen and oxygen atoms in total. The van der Waals surface area contributed by atoms with Crippen LogP contribution in [-0.4, -0.2) is 55.0 Å². The highest BCUT2D eigenvalue weighted by Crippen LogP contribution is 2.26. The van der Waals surface area contributed by atoms with Crippen LogP contribution in [0.2, 0.25) is 0 Å². The smallest absolute Gasteiger partial charge is 0.236 e. The van der Waals surface area contributed by atoms with Crippen LogP contribution in [0, 0.1) is 11.8 Å². The summed E-state index contributed by atoms with van der Waals surface area (Å²) in [4.78, 5) is 16.2. The van der Waals surface area contributed by atoms with Crippen LogP contribution >= 0.6 is 0 Å². The zero-order chi connectivity index (χ0) is 12.4. The van der Waals surface area contributed by atoms with Gasteiger partial charge in [0.05, 0.1) is 6.54 Å². The first-order chi connectivity index (χ1) is 8.11. The lowest BCUT2D eigenvalue weighted by molar-refractivity contribution is -0.132. The molecule has 4 heteroatoms. The Morgan fingerprint density at radius 3 is 2.71 bits per heavy atom. The van der Waals surface area contributed by atoms with Gasteiger partial charge in [0.2, 0.25) is 5.91 Å². The van der Waals surface area contributed by atoms with Crippen molar-refractivity contribution >= 4 is 5.91 Å². The number of carbonyl (C=O) groups excluding carboxylic acids is 1. The average molecular weight is 239 g/mol. The number of carbonyl (C=O) groups is 1. The Hall–Kier alpha value is -0.610. The molecule has 0 aromatic heterocycles. The lowest BCUT2D eigenvalue weighted by atomic mass is 9.87. The monoisotopic (exact) mass is 239 g/mol. The molecule has 2 atom stereocenters. The van der Waals surface area contributed by atoms with Crippen molar-refractivity contribution in [1.29, 1.82) is 0 Å². The number of hydrogen-bond donors (Lipinski definition) is 1. The molecule has 1 heterocycles. The van der Waals surface area contributed by atoms with Gasteiger partial charge in [-0.05, 0) is 44.2 Å². The van der Waals surface area contributed by atoms with E-state index in [0.29, 0.717) is 24.4 Å². The van der Waals surface area contributed by atoms with E-state index in [0.717, 1.165) is 19.6 Å². The van der Waals surface area contributed by atoms with Gasteiger partial charge in [-0.1, -0.05) is 6.92 Å². The molecule has 0 bridgehead atoms. The molecule has 17 heavy (non-hydrogen) atoms. The Morgan fingerprint density at radius 1 is 1.41 bits per heavy atom. The minimum absolute atomic E-state index is 0.276. The Balaban J connectivity index is 1.80. The van der Waals surface area contributed by atoms with Crippen molar-refractivity contribution in [2.75, 3.05) is 33.2 Å². The molecule has 1 saturated heterocycles. The maximum atomic E-state index is 12.0. The van der Waals surface area contributed by atoms with E-state index < -0.39 is 0 Å². The quantitative estimate of drug-likeness (QED) is 0.778. The summed E-state index contributed by atoms with van der Waals surface area (Å²) in [5.74, 6) is 1.54. The van der Waals surface area contributed by atoms with Gasteiger partial charge in [-0.3, -0.25) is 9.69 Å². The zero-order valence-electron chi connectivity index (χ0n) is 11.1. The van der Waals surface area contributed by atoms with Crippen LogP contribution in [-0.2, 0) is 4.79 Å². The van der Waals surface area contributed by atoms with Crippen molar-refractivity contribution in [1.82, 2.24) is 9.80 Å². The van der Waals surface area contributed by atoms with Crippen LogP contribution in [0.5, 0.6) is 0 Å². The third-order valence-corrected chi connectivity index (χ3v) is 4.35. The maximum absolute atomic E-state index is 12.0. The van der Waals surface area contributed by atoms with Crippen LogP contribution < -0.4 is 5.73 Å². The summed E-state index contributed by atoms with van der Waals surface area (Å²) < 4.78 is 0. The van der Waals surface area contributed by atoms with Gasteiger partial charge in [0.25, 0.3) is 0 Å².